The van der Waals surface area contributed by atoms with Crippen LogP contribution in [0.3, 0.4) is 0 Å². The molecule has 0 fully saturated rings. The van der Waals surface area contributed by atoms with Gasteiger partial charge in [-0.2, -0.15) is 0 Å². The highest BCUT2D eigenvalue weighted by atomic mass is 16.5. The molecular weight excluding hydrogens is 354 g/mol. The zero-order valence-corrected chi connectivity index (χ0v) is 16.6. The van der Waals surface area contributed by atoms with Crippen molar-refractivity contribution in [2.75, 3.05) is 13.2 Å². The molecule has 2 aromatic carbocycles. The number of aliphatic hydroxyl groups is 1. The molecule has 0 unspecified atom stereocenters. The Hall–Kier alpha value is -2.63. The Morgan fingerprint density at radius 2 is 1.89 bits per heavy atom. The lowest BCUT2D eigenvalue weighted by Crippen LogP contribution is -2.35. The Kier molecular flexibility index (Phi) is 6.49. The van der Waals surface area contributed by atoms with E-state index in [0.717, 1.165) is 16.5 Å². The van der Waals surface area contributed by atoms with Gasteiger partial charge in [-0.15, -0.1) is 0 Å². The predicted molar refractivity (Wildman–Crippen MR) is 111 cm³/mol. The zero-order valence-electron chi connectivity index (χ0n) is 16.6. The van der Waals surface area contributed by atoms with Crippen molar-refractivity contribution >= 4 is 11.0 Å². The SMILES string of the molecule is Cc1c(Cc2ccccc2)c(=O)oc2cc(OC[C@H](O)CNC(C)C)ccc12. The second-order valence-corrected chi connectivity index (χ2v) is 7.34. The highest BCUT2D eigenvalue weighted by molar-refractivity contribution is 5.82. The second kappa shape index (κ2) is 9.04. The van der Waals surface area contributed by atoms with Crippen LogP contribution in [0.5, 0.6) is 5.75 Å². The minimum Gasteiger partial charge on any atom is -0.491 e. The molecule has 0 amide bonds. The van der Waals surface area contributed by atoms with Crippen molar-refractivity contribution in [3.63, 3.8) is 0 Å². The predicted octanol–water partition coefficient (Wildman–Crippen LogP) is 3.43. The third-order valence-electron chi connectivity index (χ3n) is 4.69. The van der Waals surface area contributed by atoms with E-state index in [1.54, 1.807) is 6.07 Å². The van der Waals surface area contributed by atoms with Crippen LogP contribution in [0.2, 0.25) is 0 Å². The van der Waals surface area contributed by atoms with Crippen molar-refractivity contribution in [3.8, 4) is 5.75 Å². The molecule has 1 heterocycles. The topological polar surface area (TPSA) is 71.7 Å². The maximum Gasteiger partial charge on any atom is 0.340 e. The molecule has 148 valence electrons. The minimum atomic E-state index is -0.611. The fraction of sp³-hybridized carbons (Fsp3) is 0.348. The van der Waals surface area contributed by atoms with Crippen LogP contribution in [0.25, 0.3) is 11.0 Å². The van der Waals surface area contributed by atoms with Crippen LogP contribution in [-0.4, -0.2) is 30.4 Å². The van der Waals surface area contributed by atoms with Gasteiger partial charge in [-0.1, -0.05) is 44.2 Å². The van der Waals surface area contributed by atoms with E-state index in [1.165, 1.54) is 0 Å². The maximum absolute atomic E-state index is 12.5. The summed E-state index contributed by atoms with van der Waals surface area (Å²) >= 11 is 0. The lowest BCUT2D eigenvalue weighted by molar-refractivity contribution is 0.104. The summed E-state index contributed by atoms with van der Waals surface area (Å²) in [5, 5.41) is 14.0. The molecule has 1 aromatic heterocycles. The Balaban J connectivity index is 1.78. The second-order valence-electron chi connectivity index (χ2n) is 7.34. The van der Waals surface area contributed by atoms with Gasteiger partial charge in [0.1, 0.15) is 24.0 Å². The fourth-order valence-electron chi connectivity index (χ4n) is 3.09. The zero-order chi connectivity index (χ0) is 20.1. The quantitative estimate of drug-likeness (QED) is 0.585. The van der Waals surface area contributed by atoms with Crippen LogP contribution >= 0.6 is 0 Å². The van der Waals surface area contributed by atoms with Crippen molar-refractivity contribution in [2.24, 2.45) is 0 Å². The average Bonchev–Trinajstić information content (AvgIpc) is 2.68. The monoisotopic (exact) mass is 381 g/mol. The number of ether oxygens (including phenoxy) is 1. The van der Waals surface area contributed by atoms with E-state index < -0.39 is 6.10 Å². The Bertz CT molecular complexity index is 979. The number of hydrogen-bond acceptors (Lipinski definition) is 5. The number of rotatable bonds is 8. The average molecular weight is 381 g/mol. The van der Waals surface area contributed by atoms with Gasteiger partial charge in [0, 0.05) is 36.0 Å². The number of aliphatic hydroxyl groups excluding tert-OH is 1. The van der Waals surface area contributed by atoms with E-state index in [9.17, 15) is 9.90 Å². The number of aryl methyl sites for hydroxylation is 1. The first-order valence-electron chi connectivity index (χ1n) is 9.58. The molecule has 3 aromatic rings. The number of hydrogen-bond donors (Lipinski definition) is 2. The van der Waals surface area contributed by atoms with E-state index in [2.05, 4.69) is 5.32 Å². The molecule has 0 aliphatic carbocycles. The lowest BCUT2D eigenvalue weighted by Gasteiger charge is -2.15. The highest BCUT2D eigenvalue weighted by Crippen LogP contribution is 2.25. The molecule has 0 saturated heterocycles. The van der Waals surface area contributed by atoms with Crippen molar-refractivity contribution < 1.29 is 14.3 Å². The number of fused-ring (bicyclic) bond motifs is 1. The van der Waals surface area contributed by atoms with Gasteiger partial charge < -0.3 is 19.6 Å². The number of benzene rings is 2. The van der Waals surface area contributed by atoms with Crippen LogP contribution in [0.4, 0.5) is 0 Å². The third kappa shape index (κ3) is 5.00. The summed E-state index contributed by atoms with van der Waals surface area (Å²) in [7, 11) is 0. The molecule has 5 heteroatoms. The molecule has 0 saturated carbocycles. The molecule has 0 aliphatic rings. The third-order valence-corrected chi connectivity index (χ3v) is 4.69. The minimum absolute atomic E-state index is 0.167. The van der Waals surface area contributed by atoms with Gasteiger partial charge in [0.15, 0.2) is 0 Å². The first-order valence-corrected chi connectivity index (χ1v) is 9.58. The van der Waals surface area contributed by atoms with Crippen LogP contribution in [0.15, 0.2) is 57.7 Å². The standard InChI is InChI=1S/C23H27NO4/c1-15(2)24-13-18(25)14-27-19-9-10-20-16(3)21(23(26)28-22(20)12-19)11-17-7-5-4-6-8-17/h4-10,12,15,18,24-25H,11,13-14H2,1-3H3/t18-/m1/s1. The van der Waals surface area contributed by atoms with Crippen LogP contribution in [-0.2, 0) is 6.42 Å². The largest absolute Gasteiger partial charge is 0.491 e. The summed E-state index contributed by atoms with van der Waals surface area (Å²) < 4.78 is 11.2. The Morgan fingerprint density at radius 3 is 2.61 bits per heavy atom. The molecule has 3 rings (SSSR count). The normalized spacial score (nSPS) is 12.5. The van der Waals surface area contributed by atoms with Gasteiger partial charge in [-0.05, 0) is 30.2 Å². The van der Waals surface area contributed by atoms with Crippen molar-refractivity contribution in [2.45, 2.75) is 39.3 Å². The van der Waals surface area contributed by atoms with Crippen molar-refractivity contribution in [3.05, 3.63) is 75.6 Å². The van der Waals surface area contributed by atoms with E-state index >= 15 is 0 Å². The van der Waals surface area contributed by atoms with Gasteiger partial charge in [0.2, 0.25) is 0 Å². The van der Waals surface area contributed by atoms with Crippen molar-refractivity contribution in [1.29, 1.82) is 0 Å². The summed E-state index contributed by atoms with van der Waals surface area (Å²) in [4.78, 5) is 12.5. The van der Waals surface area contributed by atoms with Crippen molar-refractivity contribution in [1.82, 2.24) is 5.32 Å². The van der Waals surface area contributed by atoms with Gasteiger partial charge >= 0.3 is 5.63 Å². The molecule has 0 spiro atoms. The Labute approximate surface area is 165 Å². The summed E-state index contributed by atoms with van der Waals surface area (Å²) in [5.41, 5.74) is 2.82. The van der Waals surface area contributed by atoms with Crippen LogP contribution in [0, 0.1) is 6.92 Å². The van der Waals surface area contributed by atoms with Gasteiger partial charge in [-0.3, -0.25) is 0 Å². The van der Waals surface area contributed by atoms with Gasteiger partial charge in [-0.25, -0.2) is 4.79 Å². The summed E-state index contributed by atoms with van der Waals surface area (Å²) in [6, 6.07) is 15.6. The van der Waals surface area contributed by atoms with Gasteiger partial charge in [0.05, 0.1) is 0 Å². The highest BCUT2D eigenvalue weighted by Gasteiger charge is 2.13. The molecule has 0 bridgehead atoms. The summed E-state index contributed by atoms with van der Waals surface area (Å²) in [6.07, 6.45) is -0.0711. The van der Waals surface area contributed by atoms with E-state index in [4.69, 9.17) is 9.15 Å². The molecule has 2 N–H and O–H groups in total. The summed E-state index contributed by atoms with van der Waals surface area (Å²) in [6.45, 7) is 6.61. The smallest absolute Gasteiger partial charge is 0.340 e. The Morgan fingerprint density at radius 1 is 1.14 bits per heavy atom. The molecule has 0 aliphatic heterocycles. The fourth-order valence-corrected chi connectivity index (χ4v) is 3.09. The van der Waals surface area contributed by atoms with Crippen LogP contribution < -0.4 is 15.7 Å². The number of nitrogens with one attached hydrogen (secondary N) is 1. The molecule has 0 radical (unpaired) electrons. The van der Waals surface area contributed by atoms with Gasteiger partial charge in [0.25, 0.3) is 0 Å². The van der Waals surface area contributed by atoms with Crippen LogP contribution in [0.1, 0.15) is 30.5 Å². The molecule has 5 nitrogen and oxygen atoms in total. The molecule has 1 atom stereocenters. The van der Waals surface area contributed by atoms with E-state index in [1.807, 2.05) is 63.2 Å². The van der Waals surface area contributed by atoms with E-state index in [-0.39, 0.29) is 12.2 Å². The maximum atomic E-state index is 12.5. The molecular formula is C23H27NO4. The molecule has 28 heavy (non-hydrogen) atoms. The lowest BCUT2D eigenvalue weighted by atomic mass is 10.00. The first-order chi connectivity index (χ1) is 13.4. The first kappa shape index (κ1) is 20.1. The van der Waals surface area contributed by atoms with E-state index in [0.29, 0.717) is 35.9 Å². The summed E-state index contributed by atoms with van der Waals surface area (Å²) in [5.74, 6) is 0.564.